The van der Waals surface area contributed by atoms with E-state index in [1.54, 1.807) is 32.9 Å². The molecule has 2 aliphatic heterocycles. The largest absolute Gasteiger partial charge is 0.349 e. The first-order valence-corrected chi connectivity index (χ1v) is 10.6. The molecule has 0 unspecified atom stereocenters. The molecule has 0 aliphatic carbocycles. The van der Waals surface area contributed by atoms with Gasteiger partial charge in [-0.3, -0.25) is 24.1 Å². The van der Waals surface area contributed by atoms with Crippen LogP contribution in [0.3, 0.4) is 0 Å². The molecule has 30 heavy (non-hydrogen) atoms. The van der Waals surface area contributed by atoms with E-state index in [-0.39, 0.29) is 35.2 Å². The summed E-state index contributed by atoms with van der Waals surface area (Å²) in [7, 11) is 0. The molecule has 0 aromatic heterocycles. The Morgan fingerprint density at radius 3 is 2.23 bits per heavy atom. The lowest BCUT2D eigenvalue weighted by molar-refractivity contribution is -0.133. The Bertz CT molecular complexity index is 877. The Morgan fingerprint density at radius 1 is 1.07 bits per heavy atom. The fourth-order valence-electron chi connectivity index (χ4n) is 4.01. The number of imide groups is 1. The highest BCUT2D eigenvalue weighted by Gasteiger charge is 2.42. The summed E-state index contributed by atoms with van der Waals surface area (Å²) in [6.45, 7) is 10.7. The zero-order valence-electron chi connectivity index (χ0n) is 18.4. The first-order valence-electron chi connectivity index (χ1n) is 10.6. The number of amides is 4. The Hall–Kier alpha value is -2.70. The molecule has 4 amide bonds. The van der Waals surface area contributed by atoms with E-state index in [9.17, 15) is 19.2 Å². The number of hydrogen-bond donors (Lipinski definition) is 1. The first-order chi connectivity index (χ1) is 14.0. The molecule has 0 spiro atoms. The summed E-state index contributed by atoms with van der Waals surface area (Å²) in [6.07, 6.45) is 1.95. The number of piperidine rings is 1. The second kappa shape index (κ2) is 8.20. The second-order valence-electron chi connectivity index (χ2n) is 9.60. The van der Waals surface area contributed by atoms with Gasteiger partial charge in [0, 0.05) is 36.7 Å². The van der Waals surface area contributed by atoms with Crippen molar-refractivity contribution in [1.29, 1.82) is 0 Å². The van der Waals surface area contributed by atoms with Crippen molar-refractivity contribution in [3.8, 4) is 0 Å². The van der Waals surface area contributed by atoms with Gasteiger partial charge in [-0.25, -0.2) is 0 Å². The van der Waals surface area contributed by atoms with Gasteiger partial charge in [0.2, 0.25) is 5.91 Å². The van der Waals surface area contributed by atoms with Crippen LogP contribution in [0.15, 0.2) is 18.2 Å². The van der Waals surface area contributed by atoms with Gasteiger partial charge < -0.3 is 10.2 Å². The third kappa shape index (κ3) is 4.40. The lowest BCUT2D eigenvalue weighted by Gasteiger charge is -2.33. The monoisotopic (exact) mass is 413 g/mol. The number of hydrogen-bond acceptors (Lipinski definition) is 4. The molecule has 1 aromatic carbocycles. The number of carbonyl (C=O) groups excluding carboxylic acids is 4. The van der Waals surface area contributed by atoms with Crippen LogP contribution < -0.4 is 5.32 Å². The molecule has 2 heterocycles. The lowest BCUT2D eigenvalue weighted by atomic mass is 10.0. The van der Waals surface area contributed by atoms with Gasteiger partial charge in [-0.1, -0.05) is 13.8 Å². The molecule has 0 radical (unpaired) electrons. The Labute approximate surface area is 177 Å². The van der Waals surface area contributed by atoms with E-state index in [0.717, 1.165) is 0 Å². The average Bonchev–Trinajstić information content (AvgIpc) is 2.91. The molecule has 2 aliphatic rings. The van der Waals surface area contributed by atoms with Crippen molar-refractivity contribution in [2.45, 2.75) is 65.5 Å². The summed E-state index contributed by atoms with van der Waals surface area (Å²) in [6, 6.07) is 4.64. The molecule has 0 saturated carbocycles. The normalized spacial score (nSPS) is 17.5. The van der Waals surface area contributed by atoms with E-state index in [0.29, 0.717) is 49.4 Å². The summed E-state index contributed by atoms with van der Waals surface area (Å²) in [5, 5.41) is 3.01. The summed E-state index contributed by atoms with van der Waals surface area (Å²) in [5.41, 5.74) is 0.348. The summed E-state index contributed by atoms with van der Waals surface area (Å²) >= 11 is 0. The minimum absolute atomic E-state index is 0.0164. The van der Waals surface area contributed by atoms with Gasteiger partial charge in [0.1, 0.15) is 0 Å². The SMILES string of the molecule is CC(C)CC(=O)N1CCC(NC(=O)c2ccc3c(c2)C(=O)N(C(C)(C)C)C3=O)CC1. The average molecular weight is 414 g/mol. The zero-order chi connectivity index (χ0) is 22.2. The molecular formula is C23H31N3O4. The van der Waals surface area contributed by atoms with Gasteiger partial charge in [0.15, 0.2) is 0 Å². The third-order valence-electron chi connectivity index (χ3n) is 5.59. The van der Waals surface area contributed by atoms with Crippen LogP contribution in [0.25, 0.3) is 0 Å². The summed E-state index contributed by atoms with van der Waals surface area (Å²) in [5.74, 6) is -0.459. The number of carbonyl (C=O) groups is 4. The van der Waals surface area contributed by atoms with E-state index < -0.39 is 5.54 Å². The Morgan fingerprint density at radius 2 is 1.67 bits per heavy atom. The van der Waals surface area contributed by atoms with Crippen LogP contribution in [0.1, 0.15) is 85.0 Å². The number of rotatable bonds is 4. The molecule has 1 N–H and O–H groups in total. The third-order valence-corrected chi connectivity index (χ3v) is 5.59. The van der Waals surface area contributed by atoms with Gasteiger partial charge in [0.05, 0.1) is 11.1 Å². The van der Waals surface area contributed by atoms with Crippen molar-refractivity contribution >= 4 is 23.6 Å². The molecular weight excluding hydrogens is 382 g/mol. The second-order valence-corrected chi connectivity index (χ2v) is 9.60. The van der Waals surface area contributed by atoms with Crippen LogP contribution in [0.4, 0.5) is 0 Å². The molecule has 1 saturated heterocycles. The predicted molar refractivity (Wildman–Crippen MR) is 113 cm³/mol. The number of benzene rings is 1. The molecule has 7 nitrogen and oxygen atoms in total. The van der Waals surface area contributed by atoms with Gasteiger partial charge in [0.25, 0.3) is 17.7 Å². The molecule has 1 fully saturated rings. The molecule has 162 valence electrons. The van der Waals surface area contributed by atoms with Crippen LogP contribution in [0, 0.1) is 5.92 Å². The van der Waals surface area contributed by atoms with Crippen LogP contribution in [-0.4, -0.2) is 58.1 Å². The minimum Gasteiger partial charge on any atom is -0.349 e. The fourth-order valence-corrected chi connectivity index (χ4v) is 4.01. The number of nitrogens with one attached hydrogen (secondary N) is 1. The highest BCUT2D eigenvalue weighted by Crippen LogP contribution is 2.30. The van der Waals surface area contributed by atoms with E-state index in [1.165, 1.54) is 11.0 Å². The maximum Gasteiger partial charge on any atom is 0.262 e. The Balaban J connectivity index is 1.64. The van der Waals surface area contributed by atoms with Gasteiger partial charge in [-0.2, -0.15) is 0 Å². The van der Waals surface area contributed by atoms with E-state index in [1.807, 2.05) is 18.7 Å². The maximum atomic E-state index is 12.7. The quantitative estimate of drug-likeness (QED) is 0.769. The number of nitrogens with zero attached hydrogens (tertiary/aromatic N) is 2. The van der Waals surface area contributed by atoms with Crippen molar-refractivity contribution in [2.75, 3.05) is 13.1 Å². The van der Waals surface area contributed by atoms with Crippen LogP contribution in [0.5, 0.6) is 0 Å². The summed E-state index contributed by atoms with van der Waals surface area (Å²) in [4.78, 5) is 53.3. The van der Waals surface area contributed by atoms with Gasteiger partial charge in [-0.15, -0.1) is 0 Å². The minimum atomic E-state index is -0.628. The fraction of sp³-hybridized carbons (Fsp3) is 0.565. The topological polar surface area (TPSA) is 86.8 Å². The standard InChI is InChI=1S/C23H31N3O4/c1-14(2)12-19(27)25-10-8-16(9-11-25)24-20(28)15-6-7-17-18(13-15)22(30)26(21(17)29)23(3,4)5/h6-7,13-14,16H,8-12H2,1-5H3,(H,24,28). The van der Waals surface area contributed by atoms with Crippen molar-refractivity contribution in [3.05, 3.63) is 34.9 Å². The summed E-state index contributed by atoms with van der Waals surface area (Å²) < 4.78 is 0. The van der Waals surface area contributed by atoms with Crippen LogP contribution in [-0.2, 0) is 4.79 Å². The molecule has 3 rings (SSSR count). The molecule has 0 atom stereocenters. The smallest absolute Gasteiger partial charge is 0.262 e. The zero-order valence-corrected chi connectivity index (χ0v) is 18.4. The number of likely N-dealkylation sites (tertiary alicyclic amines) is 1. The predicted octanol–water partition coefficient (Wildman–Crippen LogP) is 2.85. The number of fused-ring (bicyclic) bond motifs is 1. The Kier molecular flexibility index (Phi) is 6.01. The van der Waals surface area contributed by atoms with E-state index in [4.69, 9.17) is 0 Å². The van der Waals surface area contributed by atoms with Gasteiger partial charge in [-0.05, 0) is 57.7 Å². The van der Waals surface area contributed by atoms with Crippen LogP contribution >= 0.6 is 0 Å². The highest BCUT2D eigenvalue weighted by atomic mass is 16.2. The van der Waals surface area contributed by atoms with Gasteiger partial charge >= 0.3 is 0 Å². The van der Waals surface area contributed by atoms with Crippen molar-refractivity contribution in [3.63, 3.8) is 0 Å². The maximum absolute atomic E-state index is 12.7. The first kappa shape index (κ1) is 22.0. The molecule has 1 aromatic rings. The van der Waals surface area contributed by atoms with E-state index in [2.05, 4.69) is 5.32 Å². The van der Waals surface area contributed by atoms with Crippen molar-refractivity contribution in [2.24, 2.45) is 5.92 Å². The van der Waals surface area contributed by atoms with E-state index >= 15 is 0 Å². The van der Waals surface area contributed by atoms with Crippen LogP contribution in [0.2, 0.25) is 0 Å². The lowest BCUT2D eigenvalue weighted by Crippen LogP contribution is -2.46. The van der Waals surface area contributed by atoms with Crippen molar-refractivity contribution in [1.82, 2.24) is 15.1 Å². The van der Waals surface area contributed by atoms with Crippen molar-refractivity contribution < 1.29 is 19.2 Å². The molecule has 0 bridgehead atoms. The molecule has 7 heteroatoms. The highest BCUT2D eigenvalue weighted by molar-refractivity contribution is 6.22.